The lowest BCUT2D eigenvalue weighted by molar-refractivity contribution is 0.262. The van der Waals surface area contributed by atoms with Crippen LogP contribution in [-0.2, 0) is 0 Å². The van der Waals surface area contributed by atoms with Gasteiger partial charge in [0.25, 0.3) is 0 Å². The number of nitrogens with zero attached hydrogens (tertiary/aromatic N) is 1. The van der Waals surface area contributed by atoms with E-state index in [2.05, 4.69) is 15.6 Å². The standard InChI is InChI=1S/C14H9ClFN3OS/c15-8-1-4-10(5-2-8)17-13(20)19-14-18-11-6-3-9(16)7-12(11)21-14/h1-7H,(H2,17,18,19,20). The van der Waals surface area contributed by atoms with Crippen molar-refractivity contribution in [1.82, 2.24) is 4.98 Å². The zero-order valence-electron chi connectivity index (χ0n) is 10.6. The molecule has 3 rings (SSSR count). The highest BCUT2D eigenvalue weighted by Crippen LogP contribution is 2.26. The van der Waals surface area contributed by atoms with Crippen LogP contribution in [0, 0.1) is 5.82 Å². The highest BCUT2D eigenvalue weighted by molar-refractivity contribution is 7.22. The summed E-state index contributed by atoms with van der Waals surface area (Å²) in [5, 5.41) is 6.27. The van der Waals surface area contributed by atoms with Crippen molar-refractivity contribution in [3.63, 3.8) is 0 Å². The normalized spacial score (nSPS) is 10.6. The average Bonchev–Trinajstić information content (AvgIpc) is 2.82. The first-order chi connectivity index (χ1) is 10.1. The molecular weight excluding hydrogens is 313 g/mol. The third-order valence-corrected chi connectivity index (χ3v) is 3.86. The molecule has 0 spiro atoms. The van der Waals surface area contributed by atoms with Gasteiger partial charge < -0.3 is 5.32 Å². The van der Waals surface area contributed by atoms with Crippen molar-refractivity contribution in [1.29, 1.82) is 0 Å². The van der Waals surface area contributed by atoms with E-state index in [1.54, 1.807) is 30.3 Å². The van der Waals surface area contributed by atoms with Crippen molar-refractivity contribution >= 4 is 50.0 Å². The van der Waals surface area contributed by atoms with Gasteiger partial charge in [0.15, 0.2) is 5.13 Å². The second-order valence-corrected chi connectivity index (χ2v) is 5.68. The number of halogens is 2. The molecule has 0 aliphatic rings. The van der Waals surface area contributed by atoms with Gasteiger partial charge in [0.1, 0.15) is 5.82 Å². The molecule has 0 aliphatic carbocycles. The summed E-state index contributed by atoms with van der Waals surface area (Å²) in [5.41, 5.74) is 1.26. The second-order valence-electron chi connectivity index (χ2n) is 4.22. The molecule has 1 heterocycles. The van der Waals surface area contributed by atoms with Gasteiger partial charge in [-0.05, 0) is 42.5 Å². The molecule has 1 aromatic heterocycles. The van der Waals surface area contributed by atoms with Gasteiger partial charge >= 0.3 is 6.03 Å². The SMILES string of the molecule is O=C(Nc1ccc(Cl)cc1)Nc1nc2ccc(F)cc2s1. The van der Waals surface area contributed by atoms with Crippen LogP contribution in [0.25, 0.3) is 10.2 Å². The molecule has 4 nitrogen and oxygen atoms in total. The van der Waals surface area contributed by atoms with Gasteiger partial charge in [-0.25, -0.2) is 14.2 Å². The molecule has 0 saturated carbocycles. The zero-order chi connectivity index (χ0) is 14.8. The van der Waals surface area contributed by atoms with Crippen LogP contribution in [-0.4, -0.2) is 11.0 Å². The van der Waals surface area contributed by atoms with Gasteiger partial charge in [0, 0.05) is 10.7 Å². The van der Waals surface area contributed by atoms with Crippen LogP contribution < -0.4 is 10.6 Å². The molecule has 7 heteroatoms. The van der Waals surface area contributed by atoms with Crippen LogP contribution in [0.5, 0.6) is 0 Å². The molecule has 2 amide bonds. The third-order valence-electron chi connectivity index (χ3n) is 2.67. The summed E-state index contributed by atoms with van der Waals surface area (Å²) in [6.45, 7) is 0. The van der Waals surface area contributed by atoms with Gasteiger partial charge in [0.05, 0.1) is 10.2 Å². The zero-order valence-corrected chi connectivity index (χ0v) is 12.1. The molecule has 0 unspecified atom stereocenters. The number of hydrogen-bond donors (Lipinski definition) is 2. The Morgan fingerprint density at radius 2 is 1.90 bits per heavy atom. The molecule has 21 heavy (non-hydrogen) atoms. The molecule has 2 N–H and O–H groups in total. The summed E-state index contributed by atoms with van der Waals surface area (Å²) in [7, 11) is 0. The molecule has 0 radical (unpaired) electrons. The number of hydrogen-bond acceptors (Lipinski definition) is 3. The molecule has 2 aromatic carbocycles. The van der Waals surface area contributed by atoms with E-state index in [4.69, 9.17) is 11.6 Å². The highest BCUT2D eigenvalue weighted by Gasteiger charge is 2.08. The van der Waals surface area contributed by atoms with E-state index in [-0.39, 0.29) is 5.82 Å². The Morgan fingerprint density at radius 3 is 2.67 bits per heavy atom. The van der Waals surface area contributed by atoms with E-state index in [1.807, 2.05) is 0 Å². The van der Waals surface area contributed by atoms with Crippen molar-refractivity contribution in [2.75, 3.05) is 10.6 Å². The van der Waals surface area contributed by atoms with Gasteiger partial charge in [0.2, 0.25) is 0 Å². The smallest absolute Gasteiger partial charge is 0.308 e. The highest BCUT2D eigenvalue weighted by atomic mass is 35.5. The Hall–Kier alpha value is -2.18. The second kappa shape index (κ2) is 5.67. The van der Waals surface area contributed by atoms with E-state index in [1.165, 1.54) is 23.5 Å². The molecule has 106 valence electrons. The number of benzene rings is 2. The Balaban J connectivity index is 1.72. The fourth-order valence-electron chi connectivity index (χ4n) is 1.74. The lowest BCUT2D eigenvalue weighted by atomic mass is 10.3. The van der Waals surface area contributed by atoms with Gasteiger partial charge in [-0.1, -0.05) is 22.9 Å². The Morgan fingerprint density at radius 1 is 1.14 bits per heavy atom. The molecule has 0 fully saturated rings. The first kappa shape index (κ1) is 13.8. The molecule has 0 aliphatic heterocycles. The van der Waals surface area contributed by atoms with Crippen LogP contribution in [0.3, 0.4) is 0 Å². The lowest BCUT2D eigenvalue weighted by Crippen LogP contribution is -2.19. The van der Waals surface area contributed by atoms with Crippen molar-refractivity contribution in [3.8, 4) is 0 Å². The summed E-state index contributed by atoms with van der Waals surface area (Å²) in [4.78, 5) is 16.1. The minimum Gasteiger partial charge on any atom is -0.308 e. The summed E-state index contributed by atoms with van der Waals surface area (Å²) in [6.07, 6.45) is 0. The molecule has 3 aromatic rings. The fourth-order valence-corrected chi connectivity index (χ4v) is 2.76. The topological polar surface area (TPSA) is 54.0 Å². The number of anilines is 2. The maximum Gasteiger partial charge on any atom is 0.325 e. The Kier molecular flexibility index (Phi) is 3.72. The predicted molar refractivity (Wildman–Crippen MR) is 83.7 cm³/mol. The summed E-state index contributed by atoms with van der Waals surface area (Å²) >= 11 is 6.98. The van der Waals surface area contributed by atoms with Crippen molar-refractivity contribution in [3.05, 3.63) is 53.3 Å². The van der Waals surface area contributed by atoms with Crippen LogP contribution in [0.2, 0.25) is 5.02 Å². The van der Waals surface area contributed by atoms with Crippen LogP contribution in [0.15, 0.2) is 42.5 Å². The van der Waals surface area contributed by atoms with Gasteiger partial charge in [-0.2, -0.15) is 0 Å². The van der Waals surface area contributed by atoms with Crippen LogP contribution in [0.1, 0.15) is 0 Å². The van der Waals surface area contributed by atoms with E-state index < -0.39 is 6.03 Å². The number of carbonyl (C=O) groups excluding carboxylic acids is 1. The average molecular weight is 322 g/mol. The predicted octanol–water partition coefficient (Wildman–Crippen LogP) is 4.73. The number of urea groups is 1. The number of aromatic nitrogens is 1. The third kappa shape index (κ3) is 3.29. The number of nitrogens with one attached hydrogen (secondary N) is 2. The molecular formula is C14H9ClFN3OS. The molecule has 0 atom stereocenters. The summed E-state index contributed by atoms with van der Waals surface area (Å²) < 4.78 is 13.8. The quantitative estimate of drug-likeness (QED) is 0.716. The summed E-state index contributed by atoms with van der Waals surface area (Å²) in [5.74, 6) is -0.330. The van der Waals surface area contributed by atoms with E-state index in [0.29, 0.717) is 26.1 Å². The van der Waals surface area contributed by atoms with Crippen LogP contribution >= 0.6 is 22.9 Å². The lowest BCUT2D eigenvalue weighted by Gasteiger charge is -2.04. The number of thiazole rings is 1. The first-order valence-corrected chi connectivity index (χ1v) is 7.19. The number of carbonyl (C=O) groups is 1. The Labute approximate surface area is 128 Å². The number of rotatable bonds is 2. The van der Waals surface area contributed by atoms with Gasteiger partial charge in [-0.15, -0.1) is 0 Å². The largest absolute Gasteiger partial charge is 0.325 e. The van der Waals surface area contributed by atoms with Crippen molar-refractivity contribution < 1.29 is 9.18 Å². The van der Waals surface area contributed by atoms with Crippen molar-refractivity contribution in [2.24, 2.45) is 0 Å². The monoisotopic (exact) mass is 321 g/mol. The summed E-state index contributed by atoms with van der Waals surface area (Å²) in [6, 6.07) is 10.6. The molecule has 0 bridgehead atoms. The minimum absolute atomic E-state index is 0.330. The number of fused-ring (bicyclic) bond motifs is 1. The molecule has 0 saturated heterocycles. The van der Waals surface area contributed by atoms with E-state index in [9.17, 15) is 9.18 Å². The van der Waals surface area contributed by atoms with E-state index >= 15 is 0 Å². The first-order valence-electron chi connectivity index (χ1n) is 6.00. The van der Waals surface area contributed by atoms with Gasteiger partial charge in [-0.3, -0.25) is 5.32 Å². The van der Waals surface area contributed by atoms with E-state index in [0.717, 1.165) is 0 Å². The Bertz CT molecular complexity index is 804. The fraction of sp³-hybridized carbons (Fsp3) is 0. The number of amides is 2. The van der Waals surface area contributed by atoms with Crippen molar-refractivity contribution in [2.45, 2.75) is 0 Å². The maximum atomic E-state index is 13.1. The van der Waals surface area contributed by atoms with Crippen LogP contribution in [0.4, 0.5) is 20.0 Å². The minimum atomic E-state index is -0.420. The maximum absolute atomic E-state index is 13.1.